The fraction of sp³-hybridized carbons (Fsp3) is 0.304. The Bertz CT molecular complexity index is 1030. The molecule has 0 saturated carbocycles. The number of ether oxygens (including phenoxy) is 1. The summed E-state index contributed by atoms with van der Waals surface area (Å²) in [6.45, 7) is 7.08. The Balaban J connectivity index is 1.40. The van der Waals surface area contributed by atoms with Crippen LogP contribution in [0.15, 0.2) is 53.5 Å². The smallest absolute Gasteiger partial charge is 0.253 e. The third-order valence-electron chi connectivity index (χ3n) is 5.27. The molecule has 1 fully saturated rings. The number of amides is 1. The first-order valence-corrected chi connectivity index (χ1v) is 11.0. The van der Waals surface area contributed by atoms with Crippen molar-refractivity contribution in [1.29, 1.82) is 0 Å². The molecule has 0 aliphatic carbocycles. The molecule has 1 amide bonds. The van der Waals surface area contributed by atoms with Crippen LogP contribution in [0.25, 0.3) is 0 Å². The lowest BCUT2D eigenvalue weighted by atomic mass is 10.0. The van der Waals surface area contributed by atoms with E-state index >= 15 is 0 Å². The highest BCUT2D eigenvalue weighted by molar-refractivity contribution is 9.10. The van der Waals surface area contributed by atoms with Crippen LogP contribution >= 0.6 is 15.9 Å². The highest BCUT2D eigenvalue weighted by Crippen LogP contribution is 2.27. The van der Waals surface area contributed by atoms with E-state index in [9.17, 15) is 4.79 Å². The molecular formula is C23H24BrN5O2. The lowest BCUT2D eigenvalue weighted by molar-refractivity contribution is 0.0746. The number of carbonyl (C=O) groups excluding carboxylic acids is 1. The number of piperazine rings is 1. The zero-order valence-corrected chi connectivity index (χ0v) is 19.2. The highest BCUT2D eigenvalue weighted by Gasteiger charge is 2.24. The molecule has 8 heteroatoms. The minimum Gasteiger partial charge on any atom is -0.488 e. The van der Waals surface area contributed by atoms with E-state index in [0.29, 0.717) is 44.3 Å². The van der Waals surface area contributed by atoms with Crippen LogP contribution in [0.1, 0.15) is 27.0 Å². The Kier molecular flexibility index (Phi) is 6.46. The molecule has 1 saturated heterocycles. The zero-order valence-electron chi connectivity index (χ0n) is 17.6. The first kappa shape index (κ1) is 21.2. The van der Waals surface area contributed by atoms with Crippen LogP contribution in [0.5, 0.6) is 5.75 Å². The van der Waals surface area contributed by atoms with Crippen LogP contribution in [-0.4, -0.2) is 51.9 Å². The van der Waals surface area contributed by atoms with Gasteiger partial charge in [0.05, 0.1) is 4.47 Å². The molecule has 0 radical (unpaired) electrons. The summed E-state index contributed by atoms with van der Waals surface area (Å²) in [6.07, 6.45) is 7.01. The van der Waals surface area contributed by atoms with Gasteiger partial charge in [0.25, 0.3) is 5.91 Å². The Labute approximate surface area is 190 Å². The minimum atomic E-state index is 0.0429. The van der Waals surface area contributed by atoms with Crippen molar-refractivity contribution in [2.45, 2.75) is 20.5 Å². The summed E-state index contributed by atoms with van der Waals surface area (Å²) in [4.78, 5) is 29.9. The summed E-state index contributed by atoms with van der Waals surface area (Å²) in [6, 6.07) is 7.70. The number of rotatable bonds is 5. The molecule has 7 nitrogen and oxygen atoms in total. The van der Waals surface area contributed by atoms with E-state index in [1.54, 1.807) is 24.8 Å². The standard InChI is InChI=1S/C23H24BrN5O2/c1-16-10-19(11-17(2)21(16)31-15-18-4-3-5-25-12-18)22(30)28-6-8-29(9-7-28)23-26-13-20(24)14-27-23/h3-5,10-14H,6-9,15H2,1-2H3. The van der Waals surface area contributed by atoms with Gasteiger partial charge in [0.2, 0.25) is 5.95 Å². The van der Waals surface area contributed by atoms with Crippen molar-refractivity contribution in [3.63, 3.8) is 0 Å². The molecule has 4 rings (SSSR count). The Hall–Kier alpha value is -3.00. The molecule has 0 N–H and O–H groups in total. The van der Waals surface area contributed by atoms with Gasteiger partial charge in [-0.3, -0.25) is 9.78 Å². The van der Waals surface area contributed by atoms with Gasteiger partial charge < -0.3 is 14.5 Å². The van der Waals surface area contributed by atoms with E-state index in [1.165, 1.54) is 0 Å². The monoisotopic (exact) mass is 481 g/mol. The van der Waals surface area contributed by atoms with Crippen molar-refractivity contribution in [1.82, 2.24) is 19.9 Å². The second-order valence-electron chi connectivity index (χ2n) is 7.57. The predicted molar refractivity (Wildman–Crippen MR) is 122 cm³/mol. The molecule has 3 heterocycles. The van der Waals surface area contributed by atoms with Crippen LogP contribution in [-0.2, 0) is 6.61 Å². The van der Waals surface area contributed by atoms with Crippen LogP contribution in [0.3, 0.4) is 0 Å². The Morgan fingerprint density at radius 3 is 2.35 bits per heavy atom. The maximum Gasteiger partial charge on any atom is 0.253 e. The zero-order chi connectivity index (χ0) is 21.8. The third-order valence-corrected chi connectivity index (χ3v) is 5.68. The van der Waals surface area contributed by atoms with Gasteiger partial charge in [-0.25, -0.2) is 9.97 Å². The average molecular weight is 482 g/mol. The van der Waals surface area contributed by atoms with E-state index in [2.05, 4.69) is 35.8 Å². The van der Waals surface area contributed by atoms with Gasteiger partial charge in [-0.1, -0.05) is 6.07 Å². The lowest BCUT2D eigenvalue weighted by Crippen LogP contribution is -2.49. The molecule has 160 valence electrons. The molecule has 1 aliphatic heterocycles. The van der Waals surface area contributed by atoms with Gasteiger partial charge in [0, 0.05) is 62.1 Å². The second kappa shape index (κ2) is 9.43. The van der Waals surface area contributed by atoms with Gasteiger partial charge >= 0.3 is 0 Å². The number of anilines is 1. The first-order valence-electron chi connectivity index (χ1n) is 10.2. The topological polar surface area (TPSA) is 71.5 Å². The molecule has 0 atom stereocenters. The SMILES string of the molecule is Cc1cc(C(=O)N2CCN(c3ncc(Br)cn3)CC2)cc(C)c1OCc1cccnc1. The van der Waals surface area contributed by atoms with E-state index in [1.807, 2.05) is 43.0 Å². The van der Waals surface area contributed by atoms with Gasteiger partial charge in [0.1, 0.15) is 12.4 Å². The molecular weight excluding hydrogens is 458 g/mol. The summed E-state index contributed by atoms with van der Waals surface area (Å²) in [5, 5.41) is 0. The fourth-order valence-corrected chi connectivity index (χ4v) is 3.91. The molecule has 31 heavy (non-hydrogen) atoms. The number of hydrogen-bond acceptors (Lipinski definition) is 6. The number of aryl methyl sites for hydroxylation is 2. The summed E-state index contributed by atoms with van der Waals surface area (Å²) in [5.41, 5.74) is 3.61. The molecule has 1 aromatic carbocycles. The van der Waals surface area contributed by atoms with E-state index in [4.69, 9.17) is 4.74 Å². The first-order chi connectivity index (χ1) is 15.0. The molecule has 3 aromatic rings. The van der Waals surface area contributed by atoms with Crippen molar-refractivity contribution >= 4 is 27.8 Å². The van der Waals surface area contributed by atoms with E-state index in [0.717, 1.165) is 26.9 Å². The fourth-order valence-electron chi connectivity index (χ4n) is 3.70. The van der Waals surface area contributed by atoms with Crippen LogP contribution in [0.2, 0.25) is 0 Å². The van der Waals surface area contributed by atoms with Gasteiger partial charge in [0.15, 0.2) is 0 Å². The molecule has 0 unspecified atom stereocenters. The summed E-state index contributed by atoms with van der Waals surface area (Å²) in [7, 11) is 0. The summed E-state index contributed by atoms with van der Waals surface area (Å²) >= 11 is 3.35. The maximum atomic E-state index is 13.1. The number of halogens is 1. The summed E-state index contributed by atoms with van der Waals surface area (Å²) < 4.78 is 6.87. The highest BCUT2D eigenvalue weighted by atomic mass is 79.9. The largest absolute Gasteiger partial charge is 0.488 e. The van der Waals surface area contributed by atoms with Gasteiger partial charge in [-0.2, -0.15) is 0 Å². The minimum absolute atomic E-state index is 0.0429. The van der Waals surface area contributed by atoms with E-state index < -0.39 is 0 Å². The predicted octanol–water partition coefficient (Wildman–Crippen LogP) is 3.79. The van der Waals surface area contributed by atoms with Crippen LogP contribution < -0.4 is 9.64 Å². The van der Waals surface area contributed by atoms with Crippen molar-refractivity contribution in [2.24, 2.45) is 0 Å². The van der Waals surface area contributed by atoms with Crippen molar-refractivity contribution in [2.75, 3.05) is 31.1 Å². The number of nitrogens with zero attached hydrogens (tertiary/aromatic N) is 5. The number of aromatic nitrogens is 3. The van der Waals surface area contributed by atoms with Crippen LogP contribution in [0.4, 0.5) is 5.95 Å². The van der Waals surface area contributed by atoms with Gasteiger partial charge in [-0.15, -0.1) is 0 Å². The molecule has 0 spiro atoms. The van der Waals surface area contributed by atoms with Crippen molar-refractivity contribution in [3.8, 4) is 5.75 Å². The van der Waals surface area contributed by atoms with Crippen LogP contribution in [0, 0.1) is 13.8 Å². The van der Waals surface area contributed by atoms with E-state index in [-0.39, 0.29) is 5.91 Å². The Morgan fingerprint density at radius 2 is 1.74 bits per heavy atom. The average Bonchev–Trinajstić information content (AvgIpc) is 2.79. The number of hydrogen-bond donors (Lipinski definition) is 0. The lowest BCUT2D eigenvalue weighted by Gasteiger charge is -2.34. The number of benzene rings is 1. The molecule has 2 aromatic heterocycles. The quantitative estimate of drug-likeness (QED) is 0.551. The molecule has 1 aliphatic rings. The Morgan fingerprint density at radius 1 is 1.06 bits per heavy atom. The maximum absolute atomic E-state index is 13.1. The number of carbonyl (C=O) groups is 1. The summed E-state index contributed by atoms with van der Waals surface area (Å²) in [5.74, 6) is 1.55. The number of pyridine rings is 1. The molecule has 0 bridgehead atoms. The van der Waals surface area contributed by atoms with Crippen molar-refractivity contribution < 1.29 is 9.53 Å². The normalized spacial score (nSPS) is 13.9. The second-order valence-corrected chi connectivity index (χ2v) is 8.49. The van der Waals surface area contributed by atoms with Gasteiger partial charge in [-0.05, 0) is 59.1 Å². The van der Waals surface area contributed by atoms with Crippen molar-refractivity contribution in [3.05, 3.63) is 75.8 Å². The third kappa shape index (κ3) is 5.02.